The van der Waals surface area contributed by atoms with Gasteiger partial charge >= 0.3 is 7.60 Å². The van der Waals surface area contributed by atoms with Gasteiger partial charge in [0, 0.05) is 0 Å². The molecular weight excluding hydrogens is 439 g/mol. The highest BCUT2D eigenvalue weighted by Crippen LogP contribution is 2.51. The van der Waals surface area contributed by atoms with E-state index in [9.17, 15) is 4.57 Å². The van der Waals surface area contributed by atoms with Crippen LogP contribution in [-0.2, 0) is 4.57 Å². The number of benzene rings is 2. The molecule has 2 aromatic rings. The van der Waals surface area contributed by atoms with Crippen molar-refractivity contribution in [1.82, 2.24) is 0 Å². The van der Waals surface area contributed by atoms with Crippen LogP contribution < -0.4 is 9.05 Å². The van der Waals surface area contributed by atoms with Crippen molar-refractivity contribution >= 4 is 7.60 Å². The molecular formula is C30H47O3P. The molecule has 34 heavy (non-hydrogen) atoms. The van der Waals surface area contributed by atoms with Crippen LogP contribution in [0.25, 0.3) is 0 Å². The maximum atomic E-state index is 14.0. The van der Waals surface area contributed by atoms with Crippen LogP contribution in [0, 0.1) is 11.3 Å². The van der Waals surface area contributed by atoms with Gasteiger partial charge in [0.05, 0.1) is 6.16 Å². The number of hydrogen-bond acceptors (Lipinski definition) is 3. The standard InChI is InChI=1S/C30H47O3P/c1-9-11-24(4)26-13-17-28(18-14-26)32-34(31,22-23(3)21-30(6,7)8)33-29-19-15-27(16-20-29)25(5)12-10-2/h13-20,23-25H,9-12,21-22H2,1-8H3/t23-,24-,25+,34?/m1/s1. The number of hydrogen-bond donors (Lipinski definition) is 0. The van der Waals surface area contributed by atoms with Gasteiger partial charge < -0.3 is 9.05 Å². The molecule has 0 amide bonds. The van der Waals surface area contributed by atoms with Crippen LogP contribution in [0.3, 0.4) is 0 Å². The Morgan fingerprint density at radius 3 is 1.44 bits per heavy atom. The Morgan fingerprint density at radius 1 is 0.735 bits per heavy atom. The van der Waals surface area contributed by atoms with Gasteiger partial charge in [0.25, 0.3) is 0 Å². The molecule has 0 spiro atoms. The summed E-state index contributed by atoms with van der Waals surface area (Å²) in [7, 11) is -3.41. The van der Waals surface area contributed by atoms with E-state index in [1.54, 1.807) is 0 Å². The van der Waals surface area contributed by atoms with Crippen molar-refractivity contribution in [2.45, 2.75) is 99.3 Å². The van der Waals surface area contributed by atoms with Gasteiger partial charge in [0.15, 0.2) is 0 Å². The fourth-order valence-electron chi connectivity index (χ4n) is 4.82. The van der Waals surface area contributed by atoms with E-state index in [1.807, 2.05) is 24.3 Å². The highest BCUT2D eigenvalue weighted by Gasteiger charge is 2.32. The minimum Gasteiger partial charge on any atom is -0.416 e. The fraction of sp³-hybridized carbons (Fsp3) is 0.600. The summed E-state index contributed by atoms with van der Waals surface area (Å²) in [4.78, 5) is 0. The molecule has 1 unspecified atom stereocenters. The van der Waals surface area contributed by atoms with Gasteiger partial charge in [-0.25, -0.2) is 4.57 Å². The van der Waals surface area contributed by atoms with E-state index >= 15 is 0 Å². The second-order valence-corrected chi connectivity index (χ2v) is 13.3. The quantitative estimate of drug-likeness (QED) is 0.264. The topological polar surface area (TPSA) is 35.5 Å². The van der Waals surface area contributed by atoms with Crippen LogP contribution in [-0.4, -0.2) is 6.16 Å². The van der Waals surface area contributed by atoms with Crippen LogP contribution >= 0.6 is 7.60 Å². The zero-order valence-corrected chi connectivity index (χ0v) is 23.7. The average Bonchev–Trinajstić information content (AvgIpc) is 2.73. The monoisotopic (exact) mass is 486 g/mol. The summed E-state index contributed by atoms with van der Waals surface area (Å²) in [5.74, 6) is 2.42. The van der Waals surface area contributed by atoms with Crippen LogP contribution in [0.15, 0.2) is 48.5 Å². The Morgan fingerprint density at radius 2 is 1.12 bits per heavy atom. The van der Waals surface area contributed by atoms with Crippen molar-refractivity contribution in [1.29, 1.82) is 0 Å². The highest BCUT2D eigenvalue weighted by molar-refractivity contribution is 7.54. The molecule has 2 rings (SSSR count). The second-order valence-electron chi connectivity index (χ2n) is 11.4. The second kappa shape index (κ2) is 12.8. The van der Waals surface area contributed by atoms with Gasteiger partial charge in [-0.05, 0) is 77.8 Å². The highest BCUT2D eigenvalue weighted by atomic mass is 31.2. The van der Waals surface area contributed by atoms with E-state index < -0.39 is 7.60 Å². The van der Waals surface area contributed by atoms with Gasteiger partial charge in [-0.15, -0.1) is 0 Å². The zero-order valence-electron chi connectivity index (χ0n) is 22.8. The Kier molecular flexibility index (Phi) is 10.8. The molecule has 0 aliphatic carbocycles. The van der Waals surface area contributed by atoms with Gasteiger partial charge in [0.2, 0.25) is 0 Å². The Labute approximate surface area is 209 Å². The van der Waals surface area contributed by atoms with Crippen molar-refractivity contribution in [3.63, 3.8) is 0 Å². The molecule has 3 nitrogen and oxygen atoms in total. The van der Waals surface area contributed by atoms with E-state index in [1.165, 1.54) is 11.1 Å². The SMILES string of the molecule is CCC[C@@H](C)c1ccc(OP(=O)(C[C@H](C)CC(C)(C)C)Oc2ccc([C@@H](C)CCC)cc2)cc1. The molecule has 0 aliphatic heterocycles. The summed E-state index contributed by atoms with van der Waals surface area (Å²) >= 11 is 0. The lowest BCUT2D eigenvalue weighted by Gasteiger charge is -2.27. The molecule has 0 saturated heterocycles. The van der Waals surface area contributed by atoms with Gasteiger partial charge in [0.1, 0.15) is 11.5 Å². The minimum absolute atomic E-state index is 0.151. The van der Waals surface area contributed by atoms with Crippen LogP contribution in [0.2, 0.25) is 0 Å². The van der Waals surface area contributed by atoms with E-state index in [-0.39, 0.29) is 11.3 Å². The van der Waals surface area contributed by atoms with Gasteiger partial charge in [-0.3, -0.25) is 0 Å². The summed E-state index contributed by atoms with van der Waals surface area (Å²) in [6.45, 7) is 17.7. The van der Waals surface area contributed by atoms with Crippen molar-refractivity contribution in [3.8, 4) is 11.5 Å². The molecule has 0 heterocycles. The summed E-state index contributed by atoms with van der Waals surface area (Å²) in [5.41, 5.74) is 2.71. The number of rotatable bonds is 13. The third-order valence-corrected chi connectivity index (χ3v) is 8.38. The largest absolute Gasteiger partial charge is 0.430 e. The molecule has 4 heteroatoms. The third kappa shape index (κ3) is 9.49. The Bertz CT molecular complexity index is 835. The molecule has 190 valence electrons. The van der Waals surface area contributed by atoms with Crippen molar-refractivity contribution in [2.75, 3.05) is 6.16 Å². The lowest BCUT2D eigenvalue weighted by molar-refractivity contribution is 0.308. The Hall–Kier alpha value is -1.73. The molecule has 0 radical (unpaired) electrons. The van der Waals surface area contributed by atoms with Crippen LogP contribution in [0.5, 0.6) is 11.5 Å². The Balaban J connectivity index is 2.23. The first-order valence-corrected chi connectivity index (χ1v) is 14.9. The average molecular weight is 487 g/mol. The maximum Gasteiger partial charge on any atom is 0.430 e. The first-order valence-electron chi connectivity index (χ1n) is 13.1. The zero-order chi connectivity index (χ0) is 25.4. The summed E-state index contributed by atoms with van der Waals surface area (Å²) < 4.78 is 26.3. The molecule has 0 aliphatic rings. The van der Waals surface area contributed by atoms with Crippen molar-refractivity contribution in [2.24, 2.45) is 11.3 Å². The predicted molar refractivity (Wildman–Crippen MR) is 146 cm³/mol. The normalized spacial score (nSPS) is 16.4. The summed E-state index contributed by atoms with van der Waals surface area (Å²) in [6.07, 6.45) is 5.95. The van der Waals surface area contributed by atoms with Crippen molar-refractivity contribution < 1.29 is 13.6 Å². The lowest BCUT2D eigenvalue weighted by atomic mass is 9.86. The van der Waals surface area contributed by atoms with Gasteiger partial charge in [-0.2, -0.15) is 0 Å². The maximum absolute atomic E-state index is 14.0. The van der Waals surface area contributed by atoms with Gasteiger partial charge in [-0.1, -0.05) is 92.5 Å². The molecule has 0 fully saturated rings. The predicted octanol–water partition coefficient (Wildman–Crippen LogP) is 10.2. The van der Waals surface area contributed by atoms with Crippen LogP contribution in [0.1, 0.15) is 110 Å². The molecule has 2 aromatic carbocycles. The molecule has 4 atom stereocenters. The summed E-state index contributed by atoms with van der Waals surface area (Å²) in [6, 6.07) is 16.1. The summed E-state index contributed by atoms with van der Waals surface area (Å²) in [5, 5.41) is 0. The van der Waals surface area contributed by atoms with E-state index in [0.717, 1.165) is 32.1 Å². The molecule has 0 N–H and O–H groups in total. The minimum atomic E-state index is -3.41. The first kappa shape index (κ1) is 28.5. The van der Waals surface area contributed by atoms with E-state index in [2.05, 4.69) is 79.7 Å². The lowest BCUT2D eigenvalue weighted by Crippen LogP contribution is -2.17. The van der Waals surface area contributed by atoms with Crippen LogP contribution in [0.4, 0.5) is 0 Å². The molecule has 0 aromatic heterocycles. The van der Waals surface area contributed by atoms with Crippen molar-refractivity contribution in [3.05, 3.63) is 59.7 Å². The first-order chi connectivity index (χ1) is 15.9. The van der Waals surface area contributed by atoms with E-state index in [4.69, 9.17) is 9.05 Å². The molecule has 0 bridgehead atoms. The third-order valence-electron chi connectivity index (χ3n) is 6.33. The smallest absolute Gasteiger partial charge is 0.416 e. The van der Waals surface area contributed by atoms with E-state index in [0.29, 0.717) is 29.5 Å². The molecule has 0 saturated carbocycles. The fourth-order valence-corrected chi connectivity index (χ4v) is 6.78.